The van der Waals surface area contributed by atoms with Crippen LogP contribution in [-0.2, 0) is 22.6 Å². The molecule has 2 aliphatic rings. The largest absolute Gasteiger partial charge is 0.454 e. The van der Waals surface area contributed by atoms with Crippen molar-refractivity contribution >= 4 is 5.91 Å². The molecule has 1 atom stereocenters. The van der Waals surface area contributed by atoms with Crippen LogP contribution in [0.1, 0.15) is 11.1 Å². The van der Waals surface area contributed by atoms with Gasteiger partial charge in [-0.05, 0) is 17.7 Å². The van der Waals surface area contributed by atoms with E-state index in [1.54, 1.807) is 19.5 Å². The molecule has 2 aliphatic heterocycles. The maximum Gasteiger partial charge on any atom is 0.237 e. The lowest BCUT2D eigenvalue weighted by molar-refractivity contribution is -0.132. The van der Waals surface area contributed by atoms with Crippen LogP contribution in [0.5, 0.6) is 11.5 Å². The van der Waals surface area contributed by atoms with E-state index in [2.05, 4.69) is 9.88 Å². The van der Waals surface area contributed by atoms with E-state index in [9.17, 15) is 4.79 Å². The molecule has 142 valence electrons. The second-order valence-electron chi connectivity index (χ2n) is 6.81. The van der Waals surface area contributed by atoms with Crippen molar-refractivity contribution in [3.8, 4) is 11.5 Å². The first kappa shape index (κ1) is 17.8. The van der Waals surface area contributed by atoms with E-state index in [1.165, 1.54) is 0 Å². The molecule has 27 heavy (non-hydrogen) atoms. The first-order valence-corrected chi connectivity index (χ1v) is 9.02. The number of rotatable bonds is 5. The molecule has 1 unspecified atom stereocenters. The van der Waals surface area contributed by atoms with Gasteiger partial charge in [0.2, 0.25) is 12.7 Å². The number of benzene rings is 1. The monoisotopic (exact) mass is 369 g/mol. The first-order valence-electron chi connectivity index (χ1n) is 9.02. The highest BCUT2D eigenvalue weighted by molar-refractivity contribution is 5.78. The minimum atomic E-state index is -0.0537. The number of methoxy groups -OCH3 is 1. The Kier molecular flexibility index (Phi) is 5.22. The van der Waals surface area contributed by atoms with Gasteiger partial charge in [0.1, 0.15) is 0 Å². The predicted molar refractivity (Wildman–Crippen MR) is 98.3 cm³/mol. The molecule has 0 N–H and O–H groups in total. The van der Waals surface area contributed by atoms with Crippen LogP contribution in [0.4, 0.5) is 0 Å². The number of carbonyl (C=O) groups excluding carboxylic acids is 1. The Balaban J connectivity index is 1.49. The number of ether oxygens (including phenoxy) is 3. The number of hydrogen-bond acceptors (Lipinski definition) is 6. The zero-order valence-electron chi connectivity index (χ0n) is 15.3. The molecule has 0 bridgehead atoms. The zero-order valence-corrected chi connectivity index (χ0v) is 15.3. The Morgan fingerprint density at radius 1 is 1.19 bits per heavy atom. The summed E-state index contributed by atoms with van der Waals surface area (Å²) in [7, 11) is 1.69. The highest BCUT2D eigenvalue weighted by Crippen LogP contribution is 2.36. The van der Waals surface area contributed by atoms with E-state index in [0.29, 0.717) is 32.7 Å². The number of amides is 1. The molecule has 0 spiro atoms. The summed E-state index contributed by atoms with van der Waals surface area (Å²) in [6.45, 7) is 2.97. The van der Waals surface area contributed by atoms with Gasteiger partial charge in [-0.15, -0.1) is 0 Å². The number of nitrogens with zero attached hydrogens (tertiary/aromatic N) is 3. The van der Waals surface area contributed by atoms with Gasteiger partial charge in [-0.2, -0.15) is 0 Å². The van der Waals surface area contributed by atoms with Crippen molar-refractivity contribution in [1.29, 1.82) is 0 Å². The highest BCUT2D eigenvalue weighted by Gasteiger charge is 2.29. The van der Waals surface area contributed by atoms with E-state index in [4.69, 9.17) is 14.2 Å². The quantitative estimate of drug-likeness (QED) is 0.799. The van der Waals surface area contributed by atoms with Crippen LogP contribution < -0.4 is 9.47 Å². The summed E-state index contributed by atoms with van der Waals surface area (Å²) in [5.74, 6) is 1.62. The molecule has 1 saturated heterocycles. The fourth-order valence-electron chi connectivity index (χ4n) is 3.54. The van der Waals surface area contributed by atoms with Gasteiger partial charge >= 0.3 is 0 Å². The van der Waals surface area contributed by atoms with Crippen LogP contribution in [0.15, 0.2) is 42.7 Å². The van der Waals surface area contributed by atoms with Gasteiger partial charge in [0, 0.05) is 51.2 Å². The summed E-state index contributed by atoms with van der Waals surface area (Å²) in [4.78, 5) is 21.0. The minimum Gasteiger partial charge on any atom is -0.454 e. The van der Waals surface area contributed by atoms with Gasteiger partial charge in [0.05, 0.1) is 12.6 Å². The molecule has 2 aromatic rings. The van der Waals surface area contributed by atoms with Crippen LogP contribution >= 0.6 is 0 Å². The maximum absolute atomic E-state index is 12.9. The summed E-state index contributed by atoms with van der Waals surface area (Å²) >= 11 is 0. The lowest BCUT2D eigenvalue weighted by Gasteiger charge is -2.23. The van der Waals surface area contributed by atoms with Crippen molar-refractivity contribution < 1.29 is 19.0 Å². The Hall–Kier alpha value is -2.64. The van der Waals surface area contributed by atoms with Crippen LogP contribution in [-0.4, -0.2) is 60.3 Å². The molecule has 7 nitrogen and oxygen atoms in total. The number of hydrogen-bond donors (Lipinski definition) is 0. The first-order chi connectivity index (χ1) is 13.2. The normalized spacial score (nSPS) is 20.0. The van der Waals surface area contributed by atoms with E-state index < -0.39 is 0 Å². The van der Waals surface area contributed by atoms with Crippen LogP contribution in [0.2, 0.25) is 0 Å². The van der Waals surface area contributed by atoms with Gasteiger partial charge in [-0.3, -0.25) is 14.7 Å². The molecule has 4 rings (SSSR count). The Morgan fingerprint density at radius 3 is 2.93 bits per heavy atom. The summed E-state index contributed by atoms with van der Waals surface area (Å²) in [6, 6.07) is 9.72. The molecule has 1 amide bonds. The molecular weight excluding hydrogens is 346 g/mol. The van der Waals surface area contributed by atoms with Gasteiger partial charge in [-0.1, -0.05) is 18.2 Å². The fourth-order valence-corrected chi connectivity index (χ4v) is 3.54. The molecule has 0 aliphatic carbocycles. The van der Waals surface area contributed by atoms with Gasteiger partial charge in [-0.25, -0.2) is 0 Å². The number of pyridine rings is 1. The predicted octanol–water partition coefficient (Wildman–Crippen LogP) is 1.67. The summed E-state index contributed by atoms with van der Waals surface area (Å²) in [5.41, 5.74) is 2.04. The van der Waals surface area contributed by atoms with Gasteiger partial charge in [0.15, 0.2) is 11.5 Å². The fraction of sp³-hybridized carbons (Fsp3) is 0.400. The van der Waals surface area contributed by atoms with Crippen LogP contribution in [0.25, 0.3) is 0 Å². The van der Waals surface area contributed by atoms with E-state index in [-0.39, 0.29) is 18.8 Å². The third-order valence-corrected chi connectivity index (χ3v) is 4.90. The van der Waals surface area contributed by atoms with Crippen molar-refractivity contribution in [2.45, 2.75) is 19.2 Å². The number of fused-ring (bicyclic) bond motifs is 1. The summed E-state index contributed by atoms with van der Waals surface area (Å²) < 4.78 is 16.7. The lowest BCUT2D eigenvalue weighted by Crippen LogP contribution is -2.37. The van der Waals surface area contributed by atoms with Gasteiger partial charge in [0.25, 0.3) is 0 Å². The second-order valence-corrected chi connectivity index (χ2v) is 6.81. The highest BCUT2D eigenvalue weighted by atomic mass is 16.7. The van der Waals surface area contributed by atoms with Crippen molar-refractivity contribution in [3.05, 3.63) is 53.9 Å². The Morgan fingerprint density at radius 2 is 2.11 bits per heavy atom. The molecule has 3 heterocycles. The lowest BCUT2D eigenvalue weighted by atomic mass is 10.1. The van der Waals surface area contributed by atoms with E-state index in [1.807, 2.05) is 35.2 Å². The molecule has 1 aromatic heterocycles. The second kappa shape index (κ2) is 7.94. The smallest absolute Gasteiger partial charge is 0.237 e. The molecule has 7 heteroatoms. The van der Waals surface area contributed by atoms with Crippen molar-refractivity contribution in [1.82, 2.24) is 14.8 Å². The molecule has 0 radical (unpaired) electrons. The van der Waals surface area contributed by atoms with E-state index in [0.717, 1.165) is 22.6 Å². The maximum atomic E-state index is 12.9. The van der Waals surface area contributed by atoms with Crippen molar-refractivity contribution in [3.63, 3.8) is 0 Å². The third-order valence-electron chi connectivity index (χ3n) is 4.90. The molecule has 1 fully saturated rings. The SMILES string of the molecule is COC1CN(Cc2cccc3c2OCO3)CC(=O)N(Cc2cccnc2)C1. The average molecular weight is 369 g/mol. The average Bonchev–Trinajstić information content (AvgIpc) is 3.11. The van der Waals surface area contributed by atoms with Crippen molar-refractivity contribution in [2.24, 2.45) is 0 Å². The summed E-state index contributed by atoms with van der Waals surface area (Å²) in [6.07, 6.45) is 3.47. The molecule has 1 aromatic carbocycles. The third kappa shape index (κ3) is 4.04. The number of carbonyl (C=O) groups is 1. The molecule has 0 saturated carbocycles. The standard InChI is InChI=1S/C20H23N3O4/c1-25-17-11-22(10-16-5-2-6-18-20(16)27-14-26-18)13-19(24)23(12-17)9-15-4-3-7-21-8-15/h2-8,17H,9-14H2,1H3. The number of para-hydroxylation sites is 1. The van der Waals surface area contributed by atoms with E-state index >= 15 is 0 Å². The van der Waals surface area contributed by atoms with Gasteiger partial charge < -0.3 is 19.1 Å². The summed E-state index contributed by atoms with van der Waals surface area (Å²) in [5, 5.41) is 0. The Bertz CT molecular complexity index is 799. The van der Waals surface area contributed by atoms with Crippen molar-refractivity contribution in [2.75, 3.05) is 33.5 Å². The minimum absolute atomic E-state index is 0.0537. The van der Waals surface area contributed by atoms with Crippen LogP contribution in [0, 0.1) is 0 Å². The topological polar surface area (TPSA) is 64.1 Å². The van der Waals surface area contributed by atoms with Crippen LogP contribution in [0.3, 0.4) is 0 Å². The Labute approximate surface area is 158 Å². The number of aromatic nitrogens is 1. The molecular formula is C20H23N3O4. The zero-order chi connectivity index (χ0) is 18.6.